The van der Waals surface area contributed by atoms with Crippen molar-refractivity contribution in [2.75, 3.05) is 0 Å². The SMILES string of the molecule is c1ccc(-c2cc(-c3ccncc3)cc(-c3cc(-c4ccncc4)cc(-c4cc(-c5ccncc5)cc(-c5ccncc5)c4)c3)c2)cc1. The third-order valence-corrected chi connectivity index (χ3v) is 8.63. The molecule has 0 saturated heterocycles. The maximum Gasteiger partial charge on any atom is 0.0273 e. The van der Waals surface area contributed by atoms with E-state index in [4.69, 9.17) is 0 Å². The second kappa shape index (κ2) is 13.1. The molecule has 0 unspecified atom stereocenters. The normalized spacial score (nSPS) is 10.9. The molecule has 226 valence electrons. The molecule has 4 aromatic heterocycles. The van der Waals surface area contributed by atoms with Gasteiger partial charge < -0.3 is 0 Å². The van der Waals surface area contributed by atoms with Gasteiger partial charge in [0.15, 0.2) is 0 Å². The van der Waals surface area contributed by atoms with Gasteiger partial charge in [-0.15, -0.1) is 0 Å². The van der Waals surface area contributed by atoms with Gasteiger partial charge >= 0.3 is 0 Å². The zero-order chi connectivity index (χ0) is 32.1. The second-order valence-electron chi connectivity index (χ2n) is 11.7. The Kier molecular flexibility index (Phi) is 7.87. The Morgan fingerprint density at radius 3 is 0.604 bits per heavy atom. The molecular formula is C44H30N4. The van der Waals surface area contributed by atoms with Crippen molar-refractivity contribution in [1.82, 2.24) is 19.9 Å². The highest BCUT2D eigenvalue weighted by Gasteiger charge is 2.13. The monoisotopic (exact) mass is 614 g/mol. The molecule has 0 bridgehead atoms. The van der Waals surface area contributed by atoms with Crippen LogP contribution in [0.1, 0.15) is 0 Å². The van der Waals surface area contributed by atoms with E-state index in [0.29, 0.717) is 0 Å². The molecule has 0 aliphatic heterocycles. The minimum atomic E-state index is 1.11. The largest absolute Gasteiger partial charge is 0.265 e. The van der Waals surface area contributed by atoms with Crippen LogP contribution in [0.25, 0.3) is 77.9 Å². The number of nitrogens with zero attached hydrogens (tertiary/aromatic N) is 4. The van der Waals surface area contributed by atoms with E-state index in [1.54, 1.807) is 0 Å². The van der Waals surface area contributed by atoms with Crippen molar-refractivity contribution < 1.29 is 0 Å². The van der Waals surface area contributed by atoms with Crippen LogP contribution in [-0.4, -0.2) is 19.9 Å². The van der Waals surface area contributed by atoms with Crippen LogP contribution < -0.4 is 0 Å². The molecule has 8 rings (SSSR count). The maximum absolute atomic E-state index is 4.30. The zero-order valence-electron chi connectivity index (χ0n) is 26.1. The standard InChI is InChI=1S/C44H30N4/c1-2-4-31(5-3-1)36-22-37(32-6-14-45-15-7-32)25-41(24-36)43-28-40(35-12-20-48-21-13-35)29-44(30-43)42-26-38(33-8-16-46-17-9-33)23-39(27-42)34-10-18-47-19-11-34/h1-30H. The molecule has 0 atom stereocenters. The topological polar surface area (TPSA) is 51.6 Å². The first-order valence-corrected chi connectivity index (χ1v) is 15.9. The van der Waals surface area contributed by atoms with Gasteiger partial charge in [0.1, 0.15) is 0 Å². The van der Waals surface area contributed by atoms with Crippen molar-refractivity contribution in [1.29, 1.82) is 0 Å². The van der Waals surface area contributed by atoms with Gasteiger partial charge in [0, 0.05) is 49.6 Å². The summed E-state index contributed by atoms with van der Waals surface area (Å²) in [6, 6.07) is 47.6. The predicted molar refractivity (Wildman–Crippen MR) is 196 cm³/mol. The molecule has 0 N–H and O–H groups in total. The van der Waals surface area contributed by atoms with Crippen LogP contribution in [-0.2, 0) is 0 Å². The van der Waals surface area contributed by atoms with Crippen molar-refractivity contribution in [3.63, 3.8) is 0 Å². The number of aromatic nitrogens is 4. The number of benzene rings is 4. The van der Waals surface area contributed by atoms with E-state index >= 15 is 0 Å². The molecule has 0 fully saturated rings. The fourth-order valence-electron chi connectivity index (χ4n) is 6.19. The van der Waals surface area contributed by atoms with E-state index in [-0.39, 0.29) is 0 Å². The van der Waals surface area contributed by atoms with Crippen LogP contribution >= 0.6 is 0 Å². The molecule has 48 heavy (non-hydrogen) atoms. The lowest BCUT2D eigenvalue weighted by Gasteiger charge is -2.16. The molecule has 0 saturated carbocycles. The summed E-state index contributed by atoms with van der Waals surface area (Å²) < 4.78 is 0. The fourth-order valence-corrected chi connectivity index (χ4v) is 6.19. The molecule has 4 aromatic carbocycles. The quantitative estimate of drug-likeness (QED) is 0.179. The van der Waals surface area contributed by atoms with Crippen LogP contribution in [0.2, 0.25) is 0 Å². The van der Waals surface area contributed by atoms with Crippen LogP contribution in [0, 0.1) is 0 Å². The lowest BCUT2D eigenvalue weighted by atomic mass is 9.88. The van der Waals surface area contributed by atoms with Gasteiger partial charge in [0.2, 0.25) is 0 Å². The first-order valence-electron chi connectivity index (χ1n) is 15.9. The zero-order valence-corrected chi connectivity index (χ0v) is 26.1. The van der Waals surface area contributed by atoms with Crippen molar-refractivity contribution in [3.8, 4) is 77.9 Å². The first kappa shape index (κ1) is 28.9. The predicted octanol–water partition coefficient (Wildman–Crippen LogP) is 10.9. The molecule has 4 heterocycles. The Bertz CT molecular complexity index is 2050. The average Bonchev–Trinajstić information content (AvgIpc) is 3.19. The summed E-state index contributed by atoms with van der Waals surface area (Å²) in [7, 11) is 0. The van der Waals surface area contributed by atoms with E-state index in [0.717, 1.165) is 72.3 Å². The third kappa shape index (κ3) is 6.15. The number of hydrogen-bond donors (Lipinski definition) is 0. The molecule has 0 radical (unpaired) electrons. The van der Waals surface area contributed by atoms with Crippen LogP contribution in [0.4, 0.5) is 0 Å². The van der Waals surface area contributed by atoms with Gasteiger partial charge in [0.05, 0.1) is 0 Å². The first-order chi connectivity index (χ1) is 23.8. The molecule has 4 heteroatoms. The van der Waals surface area contributed by atoms with Crippen molar-refractivity contribution in [3.05, 3.63) is 183 Å². The Hall–Kier alpha value is -6.52. The molecule has 0 aliphatic carbocycles. The number of hydrogen-bond acceptors (Lipinski definition) is 4. The fraction of sp³-hybridized carbons (Fsp3) is 0. The summed E-state index contributed by atoms with van der Waals surface area (Å²) in [4.78, 5) is 17.1. The highest BCUT2D eigenvalue weighted by atomic mass is 14.6. The van der Waals surface area contributed by atoms with Crippen LogP contribution in [0.3, 0.4) is 0 Å². The Labute approximate surface area is 280 Å². The summed E-state index contributed by atoms with van der Waals surface area (Å²) in [5, 5.41) is 0. The molecule has 4 nitrogen and oxygen atoms in total. The summed E-state index contributed by atoms with van der Waals surface area (Å²) in [6.07, 6.45) is 14.8. The Morgan fingerprint density at radius 2 is 0.375 bits per heavy atom. The van der Waals surface area contributed by atoms with E-state index in [2.05, 4.69) is 153 Å². The molecule has 8 aromatic rings. The second-order valence-corrected chi connectivity index (χ2v) is 11.7. The highest BCUT2D eigenvalue weighted by Crippen LogP contribution is 2.39. The van der Waals surface area contributed by atoms with Gasteiger partial charge in [-0.3, -0.25) is 19.9 Å². The van der Waals surface area contributed by atoms with Gasteiger partial charge in [-0.05, 0) is 181 Å². The van der Waals surface area contributed by atoms with Gasteiger partial charge in [-0.1, -0.05) is 30.3 Å². The third-order valence-electron chi connectivity index (χ3n) is 8.63. The summed E-state index contributed by atoms with van der Waals surface area (Å²) >= 11 is 0. The summed E-state index contributed by atoms with van der Waals surface area (Å²) in [6.45, 7) is 0. The lowest BCUT2D eigenvalue weighted by Crippen LogP contribution is -1.91. The minimum Gasteiger partial charge on any atom is -0.265 e. The lowest BCUT2D eigenvalue weighted by molar-refractivity contribution is 1.32. The smallest absolute Gasteiger partial charge is 0.0273 e. The molecule has 0 spiro atoms. The van der Waals surface area contributed by atoms with Gasteiger partial charge in [0.25, 0.3) is 0 Å². The van der Waals surface area contributed by atoms with Crippen molar-refractivity contribution in [2.45, 2.75) is 0 Å². The van der Waals surface area contributed by atoms with Gasteiger partial charge in [-0.2, -0.15) is 0 Å². The maximum atomic E-state index is 4.30. The summed E-state index contributed by atoms with van der Waals surface area (Å²) in [5.41, 5.74) is 15.9. The van der Waals surface area contributed by atoms with E-state index in [1.165, 1.54) is 5.56 Å². The van der Waals surface area contributed by atoms with Crippen molar-refractivity contribution in [2.24, 2.45) is 0 Å². The summed E-state index contributed by atoms with van der Waals surface area (Å²) in [5.74, 6) is 0. The minimum absolute atomic E-state index is 1.11. The molecule has 0 aliphatic rings. The van der Waals surface area contributed by atoms with Crippen LogP contribution in [0.5, 0.6) is 0 Å². The van der Waals surface area contributed by atoms with Crippen molar-refractivity contribution >= 4 is 0 Å². The van der Waals surface area contributed by atoms with E-state index in [1.807, 2.05) is 49.6 Å². The highest BCUT2D eigenvalue weighted by molar-refractivity contribution is 5.88. The Balaban J connectivity index is 1.36. The molecule has 0 amide bonds. The average molecular weight is 615 g/mol. The molecular weight excluding hydrogens is 585 g/mol. The number of pyridine rings is 4. The Morgan fingerprint density at radius 1 is 0.188 bits per heavy atom. The van der Waals surface area contributed by atoms with Gasteiger partial charge in [-0.25, -0.2) is 0 Å². The van der Waals surface area contributed by atoms with E-state index in [9.17, 15) is 0 Å². The van der Waals surface area contributed by atoms with E-state index < -0.39 is 0 Å². The number of rotatable bonds is 7. The van der Waals surface area contributed by atoms with Crippen LogP contribution in [0.15, 0.2) is 183 Å².